The summed E-state index contributed by atoms with van der Waals surface area (Å²) in [6, 6.07) is 8.87. The lowest BCUT2D eigenvalue weighted by Gasteiger charge is -2.44. The second kappa shape index (κ2) is 10.9. The van der Waals surface area contributed by atoms with Gasteiger partial charge in [-0.25, -0.2) is 0 Å². The van der Waals surface area contributed by atoms with Crippen molar-refractivity contribution in [1.82, 2.24) is 34.9 Å². The monoisotopic (exact) mass is 570 g/mol. The van der Waals surface area contributed by atoms with Crippen LogP contribution in [0.3, 0.4) is 0 Å². The van der Waals surface area contributed by atoms with Gasteiger partial charge in [-0.15, -0.1) is 10.2 Å². The fraction of sp³-hybridized carbons (Fsp3) is 0.367. The van der Waals surface area contributed by atoms with E-state index in [9.17, 15) is 9.59 Å². The molecule has 12 heteroatoms. The number of tetrazole rings is 1. The van der Waals surface area contributed by atoms with Crippen LogP contribution in [-0.4, -0.2) is 78.5 Å². The molecular weight excluding hydrogens is 538 g/mol. The van der Waals surface area contributed by atoms with Crippen molar-refractivity contribution in [2.24, 2.45) is 7.05 Å². The number of benzene rings is 2. The minimum Gasteiger partial charge on any atom is -0.493 e. The van der Waals surface area contributed by atoms with Gasteiger partial charge in [0.15, 0.2) is 5.78 Å². The van der Waals surface area contributed by atoms with Crippen LogP contribution in [0.15, 0.2) is 42.7 Å². The van der Waals surface area contributed by atoms with E-state index in [0.29, 0.717) is 78.9 Å². The first kappa shape index (κ1) is 27.4. The molecule has 217 valence electrons. The van der Waals surface area contributed by atoms with Gasteiger partial charge in [-0.05, 0) is 49.4 Å². The van der Waals surface area contributed by atoms with E-state index in [1.54, 1.807) is 40.0 Å². The summed E-state index contributed by atoms with van der Waals surface area (Å²) in [6.45, 7) is 5.58. The molecule has 4 heterocycles. The molecule has 6 rings (SSSR count). The van der Waals surface area contributed by atoms with Crippen molar-refractivity contribution in [3.8, 4) is 39.8 Å². The zero-order valence-corrected chi connectivity index (χ0v) is 23.9. The molecule has 0 saturated carbocycles. The standard InChI is InChI=1S/C30H32N7O5/c1-5-40-25-14-20(15-26(41-6-2)27(25)21-17-31-35(3)18-21)29(39)37-11-9-30(10-12-37)16-23(38)22-13-19(7-8-24(22)42-30)28-32-34-36(4)33-28/h7-8,13-15,17-18H,4-6,9-12,16H2,1-3H3. The number of amides is 1. The van der Waals surface area contributed by atoms with E-state index in [2.05, 4.69) is 27.6 Å². The Hall–Kier alpha value is -4.74. The smallest absolute Gasteiger partial charge is 0.254 e. The fourth-order valence-electron chi connectivity index (χ4n) is 5.66. The molecule has 0 atom stereocenters. The molecule has 2 aliphatic rings. The minimum absolute atomic E-state index is 0.00593. The van der Waals surface area contributed by atoms with Crippen LogP contribution in [0.2, 0.25) is 0 Å². The van der Waals surface area contributed by atoms with Crippen molar-refractivity contribution in [3.63, 3.8) is 0 Å². The van der Waals surface area contributed by atoms with Crippen molar-refractivity contribution in [2.75, 3.05) is 26.3 Å². The topological polar surface area (TPSA) is 126 Å². The molecule has 1 radical (unpaired) electrons. The average molecular weight is 571 g/mol. The lowest BCUT2D eigenvalue weighted by Crippen LogP contribution is -2.52. The average Bonchev–Trinajstić information content (AvgIpc) is 3.61. The molecule has 2 aromatic heterocycles. The predicted octanol–water partition coefficient (Wildman–Crippen LogP) is 3.82. The number of aromatic nitrogens is 6. The summed E-state index contributed by atoms with van der Waals surface area (Å²) in [5, 5.41) is 16.1. The maximum absolute atomic E-state index is 13.7. The summed E-state index contributed by atoms with van der Waals surface area (Å²) in [5.41, 5.74) is 2.61. The number of likely N-dealkylation sites (tertiary alicyclic amines) is 1. The van der Waals surface area contributed by atoms with E-state index in [-0.39, 0.29) is 18.1 Å². The summed E-state index contributed by atoms with van der Waals surface area (Å²) < 4.78 is 20.1. The molecule has 12 nitrogen and oxygen atoms in total. The highest BCUT2D eigenvalue weighted by Crippen LogP contribution is 2.42. The maximum atomic E-state index is 13.7. The van der Waals surface area contributed by atoms with Crippen molar-refractivity contribution >= 4 is 11.7 Å². The van der Waals surface area contributed by atoms with Crippen LogP contribution in [0.1, 0.15) is 53.8 Å². The Morgan fingerprint density at radius 3 is 2.38 bits per heavy atom. The summed E-state index contributed by atoms with van der Waals surface area (Å²) in [5.74, 6) is 1.93. The number of ketones is 1. The van der Waals surface area contributed by atoms with E-state index in [4.69, 9.17) is 14.2 Å². The fourth-order valence-corrected chi connectivity index (χ4v) is 5.66. The third-order valence-electron chi connectivity index (χ3n) is 7.67. The Labute approximate surface area is 243 Å². The number of fused-ring (bicyclic) bond motifs is 1. The molecular formula is C30H32N7O5. The zero-order valence-electron chi connectivity index (χ0n) is 23.9. The predicted molar refractivity (Wildman–Crippen MR) is 152 cm³/mol. The van der Waals surface area contributed by atoms with Crippen LogP contribution in [0.5, 0.6) is 17.2 Å². The van der Waals surface area contributed by atoms with Crippen LogP contribution < -0.4 is 14.2 Å². The Balaban J connectivity index is 1.21. The van der Waals surface area contributed by atoms with Gasteiger partial charge in [0.1, 0.15) is 22.8 Å². The first-order chi connectivity index (χ1) is 20.3. The summed E-state index contributed by atoms with van der Waals surface area (Å²) in [4.78, 5) is 29.9. The van der Waals surface area contributed by atoms with Gasteiger partial charge in [0.05, 0.1) is 44.0 Å². The molecule has 1 fully saturated rings. The third-order valence-corrected chi connectivity index (χ3v) is 7.67. The van der Waals surface area contributed by atoms with Crippen LogP contribution in [0, 0.1) is 7.05 Å². The molecule has 2 aromatic carbocycles. The van der Waals surface area contributed by atoms with Crippen molar-refractivity contribution in [2.45, 2.75) is 38.7 Å². The Morgan fingerprint density at radius 2 is 1.79 bits per heavy atom. The molecule has 4 aromatic rings. The van der Waals surface area contributed by atoms with E-state index < -0.39 is 5.60 Å². The van der Waals surface area contributed by atoms with Gasteiger partial charge in [-0.2, -0.15) is 9.90 Å². The van der Waals surface area contributed by atoms with Crippen molar-refractivity contribution < 1.29 is 23.8 Å². The number of aryl methyl sites for hydroxylation is 1. The first-order valence-electron chi connectivity index (χ1n) is 14.0. The van der Waals surface area contributed by atoms with Crippen LogP contribution in [0.4, 0.5) is 0 Å². The van der Waals surface area contributed by atoms with E-state index in [0.717, 1.165) is 15.9 Å². The minimum atomic E-state index is -0.658. The second-order valence-corrected chi connectivity index (χ2v) is 10.5. The first-order valence-corrected chi connectivity index (χ1v) is 14.0. The van der Waals surface area contributed by atoms with Gasteiger partial charge < -0.3 is 19.1 Å². The number of ether oxygens (including phenoxy) is 3. The largest absolute Gasteiger partial charge is 0.493 e. The molecule has 1 saturated heterocycles. The Morgan fingerprint density at radius 1 is 1.07 bits per heavy atom. The lowest BCUT2D eigenvalue weighted by atomic mass is 9.82. The highest BCUT2D eigenvalue weighted by atomic mass is 16.5. The van der Waals surface area contributed by atoms with Crippen LogP contribution in [-0.2, 0) is 7.05 Å². The molecule has 1 amide bonds. The van der Waals surface area contributed by atoms with Crippen LogP contribution >= 0.6 is 0 Å². The van der Waals surface area contributed by atoms with E-state index in [1.807, 2.05) is 33.2 Å². The molecule has 0 N–H and O–H groups in total. The highest BCUT2D eigenvalue weighted by molar-refractivity contribution is 6.01. The highest BCUT2D eigenvalue weighted by Gasteiger charge is 2.44. The van der Waals surface area contributed by atoms with E-state index in [1.165, 1.54) is 0 Å². The number of hydrogen-bond donors (Lipinski definition) is 0. The second-order valence-electron chi connectivity index (χ2n) is 10.5. The number of carbonyl (C=O) groups is 2. The normalized spacial score (nSPS) is 15.8. The molecule has 0 bridgehead atoms. The number of piperidine rings is 1. The number of hydrogen-bond acceptors (Lipinski definition) is 9. The SMILES string of the molecule is [CH2]n1nnc(-c2ccc3c(c2)C(=O)CC2(CCN(C(=O)c4cc(OCC)c(-c5cnn(C)c5)c(OCC)c4)CC2)O3)n1. The van der Waals surface area contributed by atoms with Gasteiger partial charge in [-0.1, -0.05) is 0 Å². The van der Waals surface area contributed by atoms with Gasteiger partial charge in [-0.3, -0.25) is 14.3 Å². The molecule has 1 spiro atoms. The van der Waals surface area contributed by atoms with Gasteiger partial charge in [0.2, 0.25) is 5.82 Å². The number of nitrogens with zero attached hydrogens (tertiary/aromatic N) is 7. The van der Waals surface area contributed by atoms with E-state index >= 15 is 0 Å². The third kappa shape index (κ3) is 5.08. The van der Waals surface area contributed by atoms with Gasteiger partial charge in [0.25, 0.3) is 5.91 Å². The van der Waals surface area contributed by atoms with Crippen LogP contribution in [0.25, 0.3) is 22.5 Å². The summed E-state index contributed by atoms with van der Waals surface area (Å²) in [6.07, 6.45) is 4.95. The van der Waals surface area contributed by atoms with Gasteiger partial charge >= 0.3 is 0 Å². The summed E-state index contributed by atoms with van der Waals surface area (Å²) in [7, 11) is 5.45. The van der Waals surface area contributed by atoms with Gasteiger partial charge in [0, 0.05) is 55.9 Å². The number of rotatable bonds is 7. The number of carbonyl (C=O) groups excluding carboxylic acids is 2. The molecule has 2 aliphatic heterocycles. The molecule has 42 heavy (non-hydrogen) atoms. The quantitative estimate of drug-likeness (QED) is 0.326. The Kier molecular flexibility index (Phi) is 7.13. The van der Waals surface area contributed by atoms with Crippen molar-refractivity contribution in [3.05, 3.63) is 60.9 Å². The zero-order chi connectivity index (χ0) is 29.4. The molecule has 0 unspecified atom stereocenters. The molecule has 0 aliphatic carbocycles. The number of Topliss-reactive ketones (excluding diaryl/α,β-unsaturated/α-hetero) is 1. The van der Waals surface area contributed by atoms with Crippen molar-refractivity contribution in [1.29, 1.82) is 0 Å². The summed E-state index contributed by atoms with van der Waals surface area (Å²) >= 11 is 0. The lowest BCUT2D eigenvalue weighted by molar-refractivity contribution is -0.00572. The maximum Gasteiger partial charge on any atom is 0.254 e. The Bertz CT molecular complexity index is 1620.